The lowest BCUT2D eigenvalue weighted by molar-refractivity contribution is -0.275. The van der Waals surface area contributed by atoms with E-state index in [0.29, 0.717) is 15.4 Å². The molecule has 1 aliphatic heterocycles. The number of thiazole rings is 1. The molecule has 1 saturated heterocycles. The van der Waals surface area contributed by atoms with Crippen molar-refractivity contribution in [1.82, 2.24) is 24.8 Å². The van der Waals surface area contributed by atoms with Crippen LogP contribution in [0, 0.1) is 0 Å². The lowest BCUT2D eigenvalue weighted by Crippen LogP contribution is -2.60. The summed E-state index contributed by atoms with van der Waals surface area (Å²) in [4.78, 5) is 31.1. The van der Waals surface area contributed by atoms with Gasteiger partial charge in [0.05, 0.1) is 15.8 Å². The van der Waals surface area contributed by atoms with Gasteiger partial charge in [0.15, 0.2) is 10.6 Å². The average molecular weight is 679 g/mol. The number of alkyl halides is 6. The number of aromatic amines is 1. The molecule has 0 unspecified atom stereocenters. The summed E-state index contributed by atoms with van der Waals surface area (Å²) in [6.45, 7) is -0.648. The van der Waals surface area contributed by atoms with Crippen molar-refractivity contribution in [2.75, 3.05) is 24.5 Å². The Kier molecular flexibility index (Phi) is 8.64. The number of fused-ring (bicyclic) bond motifs is 1. The maximum atomic E-state index is 13.6. The third-order valence-corrected chi connectivity index (χ3v) is 9.37. The highest BCUT2D eigenvalue weighted by molar-refractivity contribution is 7.89. The molecule has 45 heavy (non-hydrogen) atoms. The molecule has 2 N–H and O–H groups in total. The van der Waals surface area contributed by atoms with Crippen LogP contribution in [0.4, 0.5) is 31.5 Å². The summed E-state index contributed by atoms with van der Waals surface area (Å²) in [5.74, 6) is -1.90. The molecule has 240 valence electrons. The Bertz CT molecular complexity index is 1850. The Morgan fingerprint density at radius 1 is 0.978 bits per heavy atom. The average Bonchev–Trinajstić information content (AvgIpc) is 3.41. The Morgan fingerprint density at radius 3 is 2.16 bits per heavy atom. The second-order valence-corrected chi connectivity index (χ2v) is 12.3. The van der Waals surface area contributed by atoms with Gasteiger partial charge in [-0.05, 0) is 42.0 Å². The highest BCUT2D eigenvalue weighted by atomic mass is 32.2. The van der Waals surface area contributed by atoms with Crippen LogP contribution in [0.1, 0.15) is 5.56 Å². The summed E-state index contributed by atoms with van der Waals surface area (Å²) in [5, 5.41) is 8.86. The predicted molar refractivity (Wildman–Crippen MR) is 146 cm³/mol. The van der Waals surface area contributed by atoms with Crippen molar-refractivity contribution in [1.29, 1.82) is 0 Å². The van der Waals surface area contributed by atoms with Crippen molar-refractivity contribution in [3.63, 3.8) is 0 Å². The zero-order valence-electron chi connectivity index (χ0n) is 22.4. The quantitative estimate of drug-likeness (QED) is 0.268. The van der Waals surface area contributed by atoms with Gasteiger partial charge in [0, 0.05) is 26.2 Å². The van der Waals surface area contributed by atoms with Crippen LogP contribution in [0.25, 0.3) is 10.2 Å². The number of hydrogen-bond acceptors (Lipinski definition) is 10. The number of aromatic nitrogens is 3. The van der Waals surface area contributed by atoms with Gasteiger partial charge in [-0.15, -0.1) is 26.3 Å². The van der Waals surface area contributed by atoms with Crippen LogP contribution in [0.2, 0.25) is 0 Å². The van der Waals surface area contributed by atoms with Crippen LogP contribution in [0.15, 0.2) is 64.4 Å². The molecule has 20 heteroatoms. The summed E-state index contributed by atoms with van der Waals surface area (Å²) in [5.41, 5.74) is -0.0756. The minimum atomic E-state index is -4.99. The van der Waals surface area contributed by atoms with E-state index >= 15 is 0 Å². The van der Waals surface area contributed by atoms with Gasteiger partial charge in [-0.2, -0.15) is 9.40 Å². The summed E-state index contributed by atoms with van der Waals surface area (Å²) in [6.07, 6.45) is -8.50. The largest absolute Gasteiger partial charge is 0.573 e. The molecule has 12 nitrogen and oxygen atoms in total. The molecule has 4 aromatic rings. The minimum Gasteiger partial charge on any atom is -0.406 e. The van der Waals surface area contributed by atoms with Gasteiger partial charge < -0.3 is 19.7 Å². The Hall–Kier alpha value is -4.43. The molecular weight excluding hydrogens is 658 g/mol. The van der Waals surface area contributed by atoms with Crippen molar-refractivity contribution in [3.05, 3.63) is 70.6 Å². The number of nitrogens with zero attached hydrogens (tertiary/aromatic N) is 4. The maximum absolute atomic E-state index is 13.6. The number of carbonyl (C=O) groups is 1. The molecule has 0 saturated carbocycles. The number of nitrogens with one attached hydrogen (secondary N) is 2. The lowest BCUT2D eigenvalue weighted by Gasteiger charge is -2.39. The van der Waals surface area contributed by atoms with E-state index in [0.717, 1.165) is 52.0 Å². The number of piperazine rings is 1. The summed E-state index contributed by atoms with van der Waals surface area (Å²) >= 11 is 1.09. The van der Waals surface area contributed by atoms with Gasteiger partial charge >= 0.3 is 12.7 Å². The normalized spacial score (nSPS) is 16.5. The topological polar surface area (TPSA) is 147 Å². The van der Waals surface area contributed by atoms with Gasteiger partial charge in [-0.3, -0.25) is 9.59 Å². The Morgan fingerprint density at radius 2 is 1.58 bits per heavy atom. The van der Waals surface area contributed by atoms with Crippen LogP contribution in [0.5, 0.6) is 11.5 Å². The predicted octanol–water partition coefficient (Wildman–Crippen LogP) is 3.37. The van der Waals surface area contributed by atoms with Gasteiger partial charge in [-0.25, -0.2) is 18.5 Å². The number of halogens is 6. The zero-order chi connectivity index (χ0) is 32.6. The van der Waals surface area contributed by atoms with Crippen molar-refractivity contribution in [2.24, 2.45) is 0 Å². The van der Waals surface area contributed by atoms with Crippen LogP contribution in [-0.4, -0.2) is 72.2 Å². The summed E-state index contributed by atoms with van der Waals surface area (Å²) in [7, 11) is -4.46. The minimum absolute atomic E-state index is 0.0318. The molecule has 2 aromatic carbocycles. The van der Waals surface area contributed by atoms with Crippen LogP contribution >= 0.6 is 11.3 Å². The standard InChI is InChI=1S/C25H20F6N6O6S2/c26-24(27,28)42-15-3-1-14(2-4-15)11-32-21(38)18-13-36(23-34-20-19(44-23)12-33-35-22(20)39)9-10-37(18)45(40,41)17-7-5-16(6-8-17)43-25(29,30)31/h1-8,12,18H,9-11,13H2,(H,32,38)(H,35,39)/t18-/m1/s1. The molecule has 0 aliphatic carbocycles. The molecule has 3 heterocycles. The van der Waals surface area contributed by atoms with Gasteiger partial charge in [-0.1, -0.05) is 23.5 Å². The number of anilines is 1. The highest BCUT2D eigenvalue weighted by Crippen LogP contribution is 2.31. The molecule has 0 radical (unpaired) electrons. The van der Waals surface area contributed by atoms with E-state index in [2.05, 4.69) is 30.0 Å². The van der Waals surface area contributed by atoms with Gasteiger partial charge in [0.25, 0.3) is 5.56 Å². The lowest BCUT2D eigenvalue weighted by atomic mass is 10.1. The second kappa shape index (κ2) is 12.2. The maximum Gasteiger partial charge on any atom is 0.573 e. The summed E-state index contributed by atoms with van der Waals surface area (Å²) in [6, 6.07) is 6.72. The second-order valence-electron chi connectivity index (χ2n) is 9.41. The van der Waals surface area contributed by atoms with E-state index in [-0.39, 0.29) is 31.7 Å². The number of carbonyl (C=O) groups excluding carboxylic acids is 1. The molecule has 5 rings (SSSR count). The molecule has 1 aliphatic rings. The smallest absolute Gasteiger partial charge is 0.406 e. The highest BCUT2D eigenvalue weighted by Gasteiger charge is 2.41. The molecule has 2 aromatic heterocycles. The van der Waals surface area contributed by atoms with Crippen molar-refractivity contribution >= 4 is 42.6 Å². The van der Waals surface area contributed by atoms with E-state index in [1.54, 1.807) is 4.90 Å². The zero-order valence-corrected chi connectivity index (χ0v) is 24.1. The fourth-order valence-corrected chi connectivity index (χ4v) is 6.95. The number of hydrogen-bond donors (Lipinski definition) is 2. The first-order valence-electron chi connectivity index (χ1n) is 12.7. The van der Waals surface area contributed by atoms with E-state index in [1.807, 2.05) is 0 Å². The molecule has 0 spiro atoms. The third kappa shape index (κ3) is 7.63. The molecule has 1 atom stereocenters. The number of amides is 1. The number of ether oxygens (including phenoxy) is 2. The number of sulfonamides is 1. The first-order chi connectivity index (χ1) is 21.1. The van der Waals surface area contributed by atoms with Crippen molar-refractivity contribution in [3.8, 4) is 11.5 Å². The van der Waals surface area contributed by atoms with E-state index < -0.39 is 56.7 Å². The first kappa shape index (κ1) is 32.0. The van der Waals surface area contributed by atoms with Gasteiger partial charge in [0.2, 0.25) is 15.9 Å². The molecule has 1 amide bonds. The molecule has 1 fully saturated rings. The fourth-order valence-electron chi connectivity index (χ4n) is 4.41. The monoisotopic (exact) mass is 678 g/mol. The van der Waals surface area contributed by atoms with Crippen molar-refractivity contribution < 1.29 is 49.0 Å². The van der Waals surface area contributed by atoms with Gasteiger partial charge in [0.1, 0.15) is 17.5 Å². The Labute approximate surface area is 253 Å². The molecule has 0 bridgehead atoms. The van der Waals surface area contributed by atoms with E-state index in [4.69, 9.17) is 0 Å². The first-order valence-corrected chi connectivity index (χ1v) is 14.9. The number of rotatable bonds is 8. The third-order valence-electron chi connectivity index (χ3n) is 6.40. The van der Waals surface area contributed by atoms with E-state index in [1.165, 1.54) is 18.3 Å². The number of H-pyrrole nitrogens is 1. The summed E-state index contributed by atoms with van der Waals surface area (Å²) < 4.78 is 111. The van der Waals surface area contributed by atoms with Crippen LogP contribution < -0.4 is 25.2 Å². The fraction of sp³-hybridized carbons (Fsp3) is 0.280. The van der Waals surface area contributed by atoms with Crippen LogP contribution in [-0.2, 0) is 21.4 Å². The molecular formula is C25H20F6N6O6S2. The van der Waals surface area contributed by atoms with Crippen LogP contribution in [0.3, 0.4) is 0 Å². The SMILES string of the molecule is O=C(NCc1ccc(OC(F)(F)F)cc1)[C@H]1CN(c2nc3c(=O)[nH]ncc3s2)CCN1S(=O)(=O)c1ccc(OC(F)(F)F)cc1. The van der Waals surface area contributed by atoms with E-state index in [9.17, 15) is 44.3 Å². The Balaban J connectivity index is 1.39. The van der Waals surface area contributed by atoms with Crippen molar-refractivity contribution in [2.45, 2.75) is 30.2 Å². The number of benzene rings is 2.